The molecule has 0 radical (unpaired) electrons. The van der Waals surface area contributed by atoms with E-state index in [4.69, 9.17) is 10.2 Å². The Morgan fingerprint density at radius 2 is 1.91 bits per heavy atom. The van der Waals surface area contributed by atoms with Crippen LogP contribution >= 0.6 is 0 Å². The molecule has 0 spiro atoms. The van der Waals surface area contributed by atoms with E-state index in [2.05, 4.69) is 0 Å². The lowest BCUT2D eigenvalue weighted by Gasteiger charge is -2.04. The number of aliphatic hydroxyl groups excluding tert-OH is 2. The Balaban J connectivity index is 0.000000461. The van der Waals surface area contributed by atoms with Gasteiger partial charge in [-0.05, 0) is 31.6 Å². The fourth-order valence-corrected chi connectivity index (χ4v) is 1.49. The van der Waals surface area contributed by atoms with Crippen molar-refractivity contribution in [3.8, 4) is 0 Å². The van der Waals surface area contributed by atoms with E-state index in [1.165, 1.54) is 0 Å². The Hall–Kier alpha value is -0.0800. The molecular weight excluding hydrogens is 140 g/mol. The normalized spacial score (nSPS) is 29.5. The maximum atomic E-state index is 9.04. The van der Waals surface area contributed by atoms with Crippen molar-refractivity contribution in [1.82, 2.24) is 0 Å². The van der Waals surface area contributed by atoms with Crippen LogP contribution in [0.2, 0.25) is 0 Å². The zero-order chi connectivity index (χ0) is 8.69. The van der Waals surface area contributed by atoms with Crippen molar-refractivity contribution < 1.29 is 10.2 Å². The van der Waals surface area contributed by atoms with Crippen LogP contribution < -0.4 is 0 Å². The third kappa shape index (κ3) is 4.38. The van der Waals surface area contributed by atoms with Crippen LogP contribution in [0, 0.1) is 5.92 Å². The molecule has 1 fully saturated rings. The predicted molar refractivity (Wildman–Crippen MR) is 46.4 cm³/mol. The minimum atomic E-state index is -0.0819. The van der Waals surface area contributed by atoms with Crippen LogP contribution in [0.25, 0.3) is 0 Å². The Bertz CT molecular complexity index is 81.6. The van der Waals surface area contributed by atoms with Gasteiger partial charge >= 0.3 is 0 Å². The predicted octanol–water partition coefficient (Wildman–Crippen LogP) is 1.56. The first kappa shape index (κ1) is 10.9. The Kier molecular flexibility index (Phi) is 6.57. The first-order valence-electron chi connectivity index (χ1n) is 4.62. The van der Waals surface area contributed by atoms with Crippen LogP contribution in [0.1, 0.15) is 39.5 Å². The molecule has 0 aromatic rings. The molecule has 0 aliphatic heterocycles. The van der Waals surface area contributed by atoms with E-state index in [0.717, 1.165) is 25.7 Å². The summed E-state index contributed by atoms with van der Waals surface area (Å²) in [6.45, 7) is 4.28. The number of hydrogen-bond acceptors (Lipinski definition) is 2. The van der Waals surface area contributed by atoms with Gasteiger partial charge in [0.05, 0.1) is 6.10 Å². The zero-order valence-electron chi connectivity index (χ0n) is 7.58. The minimum Gasteiger partial charge on any atom is -0.396 e. The molecule has 2 N–H and O–H groups in total. The molecule has 11 heavy (non-hydrogen) atoms. The minimum absolute atomic E-state index is 0.0819. The van der Waals surface area contributed by atoms with Crippen molar-refractivity contribution in [3.05, 3.63) is 0 Å². The van der Waals surface area contributed by atoms with Crippen molar-refractivity contribution in [1.29, 1.82) is 0 Å². The van der Waals surface area contributed by atoms with Crippen molar-refractivity contribution in [2.75, 3.05) is 6.61 Å². The average Bonchev–Trinajstić information content (AvgIpc) is 2.41. The van der Waals surface area contributed by atoms with Gasteiger partial charge in [0.25, 0.3) is 0 Å². The summed E-state index contributed by atoms with van der Waals surface area (Å²) in [7, 11) is 0. The van der Waals surface area contributed by atoms with Crippen LogP contribution in [0.3, 0.4) is 0 Å². The van der Waals surface area contributed by atoms with Gasteiger partial charge in [-0.15, -0.1) is 0 Å². The molecule has 2 unspecified atom stereocenters. The summed E-state index contributed by atoms with van der Waals surface area (Å²) in [6, 6.07) is 0. The lowest BCUT2D eigenvalue weighted by molar-refractivity contribution is 0.173. The van der Waals surface area contributed by atoms with E-state index >= 15 is 0 Å². The maximum absolute atomic E-state index is 9.04. The van der Waals surface area contributed by atoms with Crippen molar-refractivity contribution in [3.63, 3.8) is 0 Å². The van der Waals surface area contributed by atoms with Crippen LogP contribution in [-0.4, -0.2) is 22.9 Å². The summed E-state index contributed by atoms with van der Waals surface area (Å²) in [4.78, 5) is 0. The SMILES string of the molecule is CC.OCCC1CCC(O)C1. The summed E-state index contributed by atoms with van der Waals surface area (Å²) in [5.74, 6) is 0.588. The molecule has 0 aromatic heterocycles. The van der Waals surface area contributed by atoms with E-state index < -0.39 is 0 Å². The molecule has 2 nitrogen and oxygen atoms in total. The zero-order valence-corrected chi connectivity index (χ0v) is 7.58. The van der Waals surface area contributed by atoms with Gasteiger partial charge in [-0.1, -0.05) is 13.8 Å². The third-order valence-electron chi connectivity index (χ3n) is 2.05. The van der Waals surface area contributed by atoms with Gasteiger partial charge in [-0.2, -0.15) is 0 Å². The molecule has 1 aliphatic rings. The lowest BCUT2D eigenvalue weighted by atomic mass is 10.1. The summed E-state index contributed by atoms with van der Waals surface area (Å²) in [6.07, 6.45) is 3.73. The Morgan fingerprint density at radius 3 is 2.27 bits per heavy atom. The van der Waals surface area contributed by atoms with Crippen LogP contribution in [0.4, 0.5) is 0 Å². The lowest BCUT2D eigenvalue weighted by Crippen LogP contribution is -2.01. The standard InChI is InChI=1S/C7H14O2.C2H6/c8-4-3-6-1-2-7(9)5-6;1-2/h6-9H,1-5H2;1-2H3. The topological polar surface area (TPSA) is 40.5 Å². The van der Waals surface area contributed by atoms with Crippen LogP contribution in [0.5, 0.6) is 0 Å². The molecule has 2 atom stereocenters. The van der Waals surface area contributed by atoms with Gasteiger partial charge in [0.1, 0.15) is 0 Å². The largest absolute Gasteiger partial charge is 0.396 e. The number of hydrogen-bond donors (Lipinski definition) is 2. The summed E-state index contributed by atoms with van der Waals surface area (Å²) >= 11 is 0. The van der Waals surface area contributed by atoms with Gasteiger partial charge in [-0.3, -0.25) is 0 Å². The highest BCUT2D eigenvalue weighted by Gasteiger charge is 2.21. The molecule has 0 amide bonds. The van der Waals surface area contributed by atoms with Crippen LogP contribution in [-0.2, 0) is 0 Å². The maximum Gasteiger partial charge on any atom is 0.0543 e. The highest BCUT2D eigenvalue weighted by Crippen LogP contribution is 2.27. The Labute approximate surface area is 69.2 Å². The van der Waals surface area contributed by atoms with Gasteiger partial charge < -0.3 is 10.2 Å². The highest BCUT2D eigenvalue weighted by atomic mass is 16.3. The molecule has 2 heteroatoms. The molecule has 1 aliphatic carbocycles. The monoisotopic (exact) mass is 160 g/mol. The molecule has 68 valence electrons. The van der Waals surface area contributed by atoms with Gasteiger partial charge in [0.15, 0.2) is 0 Å². The molecule has 1 rings (SSSR count). The van der Waals surface area contributed by atoms with E-state index in [-0.39, 0.29) is 12.7 Å². The highest BCUT2D eigenvalue weighted by molar-refractivity contribution is 4.73. The number of rotatable bonds is 2. The van der Waals surface area contributed by atoms with Crippen molar-refractivity contribution in [2.45, 2.75) is 45.6 Å². The fourth-order valence-electron chi connectivity index (χ4n) is 1.49. The summed E-state index contributed by atoms with van der Waals surface area (Å²) in [5, 5.41) is 17.6. The second-order valence-corrected chi connectivity index (χ2v) is 2.85. The van der Waals surface area contributed by atoms with E-state index in [1.54, 1.807) is 0 Å². The summed E-state index contributed by atoms with van der Waals surface area (Å²) < 4.78 is 0. The van der Waals surface area contributed by atoms with Crippen molar-refractivity contribution in [2.24, 2.45) is 5.92 Å². The Morgan fingerprint density at radius 1 is 1.27 bits per heavy atom. The smallest absolute Gasteiger partial charge is 0.0543 e. The molecule has 0 saturated heterocycles. The number of aliphatic hydroxyl groups is 2. The fraction of sp³-hybridized carbons (Fsp3) is 1.00. The molecule has 1 saturated carbocycles. The third-order valence-corrected chi connectivity index (χ3v) is 2.05. The molecular formula is C9H20O2. The van der Waals surface area contributed by atoms with E-state index in [0.29, 0.717) is 5.92 Å². The van der Waals surface area contributed by atoms with E-state index in [1.807, 2.05) is 13.8 Å². The van der Waals surface area contributed by atoms with Gasteiger partial charge in [0.2, 0.25) is 0 Å². The molecule has 0 aromatic carbocycles. The van der Waals surface area contributed by atoms with Gasteiger partial charge in [0, 0.05) is 6.61 Å². The molecule has 0 heterocycles. The summed E-state index contributed by atoms with van der Waals surface area (Å²) in [5.41, 5.74) is 0. The quantitative estimate of drug-likeness (QED) is 0.643. The van der Waals surface area contributed by atoms with Crippen LogP contribution in [0.15, 0.2) is 0 Å². The first-order chi connectivity index (χ1) is 5.33. The van der Waals surface area contributed by atoms with E-state index in [9.17, 15) is 0 Å². The molecule has 0 bridgehead atoms. The second kappa shape index (κ2) is 6.62. The average molecular weight is 160 g/mol. The second-order valence-electron chi connectivity index (χ2n) is 2.85. The first-order valence-corrected chi connectivity index (χ1v) is 4.62. The van der Waals surface area contributed by atoms with Gasteiger partial charge in [-0.25, -0.2) is 0 Å². The van der Waals surface area contributed by atoms with Crippen molar-refractivity contribution >= 4 is 0 Å².